The first-order valence-corrected chi connectivity index (χ1v) is 17.9. The van der Waals surface area contributed by atoms with Crippen molar-refractivity contribution in [3.05, 3.63) is 199 Å². The largest absolute Gasteiger partial charge is 0.309 e. The molecule has 0 N–H and O–H groups in total. The Morgan fingerprint density at radius 1 is 0.438 bits per heavy atom. The molecule has 7 aromatic carbocycles. The van der Waals surface area contributed by atoms with Crippen molar-refractivity contribution in [2.45, 2.75) is 0 Å². The van der Waals surface area contributed by atoms with E-state index in [1.807, 2.05) is 18.2 Å². The predicted molar refractivity (Wildman–Crippen MR) is 202 cm³/mol. The van der Waals surface area contributed by atoms with Gasteiger partial charge >= 0.3 is 0 Å². The minimum absolute atomic E-state index is 0.633. The highest BCUT2D eigenvalue weighted by Gasteiger charge is 2.43. The van der Waals surface area contributed by atoms with Crippen LogP contribution < -0.4 is 20.7 Å². The molecule has 0 atom stereocenters. The molecule has 0 unspecified atom stereocenters. The van der Waals surface area contributed by atoms with E-state index in [9.17, 15) is 0 Å². The van der Waals surface area contributed by atoms with Crippen LogP contribution in [0.15, 0.2) is 176 Å². The number of rotatable bonds is 6. The van der Waals surface area contributed by atoms with Crippen molar-refractivity contribution >= 4 is 62.0 Å². The van der Waals surface area contributed by atoms with Crippen LogP contribution in [0.25, 0.3) is 48.3 Å². The van der Waals surface area contributed by atoms with Crippen molar-refractivity contribution in [1.82, 2.24) is 4.57 Å². The van der Waals surface area contributed by atoms with Gasteiger partial charge in [0, 0.05) is 11.1 Å². The van der Waals surface area contributed by atoms with E-state index in [0.717, 1.165) is 38.6 Å². The summed E-state index contributed by atoms with van der Waals surface area (Å²) in [6.45, 7) is 15.6. The summed E-state index contributed by atoms with van der Waals surface area (Å²) < 4.78 is 2.28. The van der Waals surface area contributed by atoms with Crippen LogP contribution >= 0.6 is 0 Å². The molecule has 0 saturated carbocycles. The predicted octanol–water partition coefficient (Wildman–Crippen LogP) is 8.93. The molecule has 0 saturated heterocycles. The third-order valence-corrected chi connectivity index (χ3v) is 14.2. The first kappa shape index (κ1) is 29.0. The molecule has 0 fully saturated rings. The SMILES string of the molecule is [C-]#[N+]c1ccc(-c2ccc(-n3c4ccccc4c4cc([N+]#[C-])ccc43)cc2)c([Si](c2ccccc2)(c2ccccc2)c2ccccc2)c1. The van der Waals surface area contributed by atoms with Crippen molar-refractivity contribution in [3.63, 3.8) is 0 Å². The van der Waals surface area contributed by atoms with Crippen molar-refractivity contribution < 1.29 is 0 Å². The molecule has 1 aromatic heterocycles. The van der Waals surface area contributed by atoms with E-state index >= 15 is 0 Å². The molecular formula is C44H29N3Si. The molecule has 0 aliphatic heterocycles. The maximum atomic E-state index is 8.02. The normalized spacial score (nSPS) is 11.3. The van der Waals surface area contributed by atoms with Gasteiger partial charge in [-0.05, 0) is 67.6 Å². The highest BCUT2D eigenvalue weighted by atomic mass is 28.3. The Kier molecular flexibility index (Phi) is 7.27. The minimum atomic E-state index is -2.90. The van der Waals surface area contributed by atoms with E-state index in [1.54, 1.807) is 0 Å². The molecular weight excluding hydrogens is 599 g/mol. The zero-order valence-electron chi connectivity index (χ0n) is 26.1. The quantitative estimate of drug-likeness (QED) is 0.0993. The van der Waals surface area contributed by atoms with Gasteiger partial charge in [0.2, 0.25) is 0 Å². The second-order valence-electron chi connectivity index (χ2n) is 11.9. The van der Waals surface area contributed by atoms with Crippen LogP contribution in [0.3, 0.4) is 0 Å². The van der Waals surface area contributed by atoms with Gasteiger partial charge in [-0.1, -0.05) is 146 Å². The van der Waals surface area contributed by atoms with Crippen molar-refractivity contribution in [2.24, 2.45) is 0 Å². The Bertz CT molecular complexity index is 2410. The molecule has 0 radical (unpaired) electrons. The lowest BCUT2D eigenvalue weighted by Gasteiger charge is -2.36. The fourth-order valence-electron chi connectivity index (χ4n) is 7.29. The van der Waals surface area contributed by atoms with Gasteiger partial charge in [0.15, 0.2) is 19.4 Å². The maximum absolute atomic E-state index is 8.02. The topological polar surface area (TPSA) is 13.6 Å². The van der Waals surface area contributed by atoms with E-state index in [0.29, 0.717) is 11.4 Å². The first-order valence-electron chi connectivity index (χ1n) is 15.9. The van der Waals surface area contributed by atoms with Crippen molar-refractivity contribution in [3.8, 4) is 16.8 Å². The van der Waals surface area contributed by atoms with E-state index in [4.69, 9.17) is 13.1 Å². The molecule has 0 bridgehead atoms. The zero-order valence-corrected chi connectivity index (χ0v) is 27.1. The van der Waals surface area contributed by atoms with E-state index < -0.39 is 8.07 Å². The lowest BCUT2D eigenvalue weighted by molar-refractivity contribution is 1.18. The fraction of sp³-hybridized carbons (Fsp3) is 0. The molecule has 1 heterocycles. The van der Waals surface area contributed by atoms with Gasteiger partial charge in [0.05, 0.1) is 24.2 Å². The first-order chi connectivity index (χ1) is 23.7. The smallest absolute Gasteiger partial charge is 0.188 e. The third kappa shape index (κ3) is 4.64. The second kappa shape index (κ2) is 12.0. The van der Waals surface area contributed by atoms with Crippen molar-refractivity contribution in [1.29, 1.82) is 0 Å². The number of nitrogens with zero attached hydrogens (tertiary/aromatic N) is 3. The summed E-state index contributed by atoms with van der Waals surface area (Å²) in [6.07, 6.45) is 0. The Labute approximate surface area is 281 Å². The zero-order chi connectivity index (χ0) is 32.5. The van der Waals surface area contributed by atoms with Gasteiger partial charge in [-0.3, -0.25) is 0 Å². The van der Waals surface area contributed by atoms with Gasteiger partial charge in [0.1, 0.15) is 0 Å². The number of fused-ring (bicyclic) bond motifs is 3. The third-order valence-electron chi connectivity index (χ3n) is 9.38. The Morgan fingerprint density at radius 3 is 1.52 bits per heavy atom. The molecule has 224 valence electrons. The molecule has 8 rings (SSSR count). The number of aromatic nitrogens is 1. The van der Waals surface area contributed by atoms with Crippen LogP contribution in [0.4, 0.5) is 11.4 Å². The fourth-order valence-corrected chi connectivity index (χ4v) is 12.3. The summed E-state index contributed by atoms with van der Waals surface area (Å²) in [5.74, 6) is 0. The second-order valence-corrected chi connectivity index (χ2v) is 15.7. The minimum Gasteiger partial charge on any atom is -0.309 e. The van der Waals surface area contributed by atoms with Crippen LogP contribution in [0.5, 0.6) is 0 Å². The van der Waals surface area contributed by atoms with Gasteiger partial charge in [-0.15, -0.1) is 0 Å². The van der Waals surface area contributed by atoms with Gasteiger partial charge in [-0.25, -0.2) is 9.69 Å². The Balaban J connectivity index is 1.38. The molecule has 0 aliphatic rings. The standard InChI is InChI=1S/C44H29N3Si/c1-45-33-25-29-43-41(30-33)40-20-12-13-21-42(40)47(43)35-26-22-32(23-27-35)39-28-24-34(46-2)31-44(39)48(36-14-6-3-7-15-36,37-16-8-4-9-17-37)38-18-10-5-11-19-38/h3-31H. The Hall–Kier alpha value is -6.46. The maximum Gasteiger partial charge on any atom is 0.188 e. The number of hydrogen-bond donors (Lipinski definition) is 0. The van der Waals surface area contributed by atoms with Gasteiger partial charge < -0.3 is 4.57 Å². The summed E-state index contributed by atoms with van der Waals surface area (Å²) >= 11 is 0. The molecule has 0 spiro atoms. The lowest BCUT2D eigenvalue weighted by Crippen LogP contribution is -2.75. The average Bonchev–Trinajstić information content (AvgIpc) is 3.50. The van der Waals surface area contributed by atoms with Crippen LogP contribution in [-0.2, 0) is 0 Å². The van der Waals surface area contributed by atoms with Gasteiger partial charge in [0.25, 0.3) is 0 Å². The molecule has 0 aliphatic carbocycles. The summed E-state index contributed by atoms with van der Waals surface area (Å²) in [5, 5.41) is 7.20. The van der Waals surface area contributed by atoms with Crippen LogP contribution in [0.1, 0.15) is 0 Å². The number of hydrogen-bond acceptors (Lipinski definition) is 0. The Morgan fingerprint density at radius 2 is 0.938 bits per heavy atom. The molecule has 4 heteroatoms. The monoisotopic (exact) mass is 627 g/mol. The van der Waals surface area contributed by atoms with E-state index in [1.165, 1.54) is 20.7 Å². The van der Waals surface area contributed by atoms with E-state index in [2.05, 4.69) is 172 Å². The highest BCUT2D eigenvalue weighted by Crippen LogP contribution is 2.35. The number of benzene rings is 7. The molecule has 48 heavy (non-hydrogen) atoms. The van der Waals surface area contributed by atoms with Crippen LogP contribution in [0, 0.1) is 13.1 Å². The lowest BCUT2D eigenvalue weighted by atomic mass is 10.0. The number of para-hydroxylation sites is 1. The molecule has 3 nitrogen and oxygen atoms in total. The average molecular weight is 628 g/mol. The van der Waals surface area contributed by atoms with Gasteiger partial charge in [-0.2, -0.15) is 0 Å². The van der Waals surface area contributed by atoms with Crippen LogP contribution in [0.2, 0.25) is 0 Å². The highest BCUT2D eigenvalue weighted by molar-refractivity contribution is 7.20. The summed E-state index contributed by atoms with van der Waals surface area (Å²) in [6, 6.07) is 61.9. The summed E-state index contributed by atoms with van der Waals surface area (Å²) in [4.78, 5) is 7.62. The molecule has 0 amide bonds. The van der Waals surface area contributed by atoms with Crippen LogP contribution in [-0.4, -0.2) is 12.6 Å². The van der Waals surface area contributed by atoms with E-state index in [-0.39, 0.29) is 0 Å². The summed E-state index contributed by atoms with van der Waals surface area (Å²) in [5.41, 5.74) is 6.73. The molecule has 8 aromatic rings. The van der Waals surface area contributed by atoms with Crippen molar-refractivity contribution in [2.75, 3.05) is 0 Å². The summed E-state index contributed by atoms with van der Waals surface area (Å²) in [7, 11) is -2.90.